The number of aryl methyl sites for hydroxylation is 1. The summed E-state index contributed by atoms with van der Waals surface area (Å²) < 4.78 is 6.50. The van der Waals surface area contributed by atoms with Gasteiger partial charge in [0.2, 0.25) is 0 Å². The largest absolute Gasteiger partial charge is 0.379 e. The Hall–Kier alpha value is -2.79. The molecule has 0 N–H and O–H groups in total. The summed E-state index contributed by atoms with van der Waals surface area (Å²) in [6.07, 6.45) is 0.858. The second-order valence-corrected chi connectivity index (χ2v) is 8.38. The maximum Gasteiger partial charge on any atom is 0.260 e. The van der Waals surface area contributed by atoms with Gasteiger partial charge >= 0.3 is 0 Å². The minimum Gasteiger partial charge on any atom is -0.379 e. The first kappa shape index (κ1) is 20.5. The predicted molar refractivity (Wildman–Crippen MR) is 119 cm³/mol. The Morgan fingerprint density at radius 3 is 2.70 bits per heavy atom. The number of thiazole rings is 1. The first-order valence-electron chi connectivity index (χ1n) is 10.1. The van der Waals surface area contributed by atoms with Gasteiger partial charge in [-0.3, -0.25) is 14.6 Å². The maximum atomic E-state index is 13.4. The Bertz CT molecular complexity index is 1060. The Morgan fingerprint density at radius 1 is 1.23 bits per heavy atom. The first-order valence-corrected chi connectivity index (χ1v) is 11.0. The summed E-state index contributed by atoms with van der Waals surface area (Å²) in [5, 5.41) is 9.75. The molecule has 4 rings (SSSR count). The number of nitrogens with zero attached hydrogens (tertiary/aromatic N) is 4. The summed E-state index contributed by atoms with van der Waals surface area (Å²) >= 11 is 1.54. The van der Waals surface area contributed by atoms with Crippen LogP contribution in [-0.4, -0.2) is 55.2 Å². The van der Waals surface area contributed by atoms with E-state index in [9.17, 15) is 4.79 Å². The fourth-order valence-corrected chi connectivity index (χ4v) is 4.66. The number of nitriles is 1. The quantitative estimate of drug-likeness (QED) is 0.606. The highest BCUT2D eigenvalue weighted by Gasteiger charge is 2.22. The van der Waals surface area contributed by atoms with E-state index in [0.717, 1.165) is 60.2 Å². The van der Waals surface area contributed by atoms with Gasteiger partial charge < -0.3 is 4.74 Å². The molecule has 7 heteroatoms. The zero-order valence-electron chi connectivity index (χ0n) is 17.0. The van der Waals surface area contributed by atoms with Crippen molar-refractivity contribution in [3.8, 4) is 6.07 Å². The number of fused-ring (bicyclic) bond motifs is 1. The number of carbonyl (C=O) groups excluding carboxylic acids is 1. The number of hydrogen-bond acceptors (Lipinski definition) is 6. The lowest BCUT2D eigenvalue weighted by atomic mass is 10.1. The normalized spacial score (nSPS) is 14.5. The van der Waals surface area contributed by atoms with E-state index < -0.39 is 0 Å². The number of ether oxygens (including phenoxy) is 1. The zero-order valence-corrected chi connectivity index (χ0v) is 17.8. The highest BCUT2D eigenvalue weighted by Crippen LogP contribution is 2.31. The number of para-hydroxylation sites is 1. The molecule has 1 amide bonds. The molecule has 30 heavy (non-hydrogen) atoms. The molecular formula is C23H24N4O2S. The second kappa shape index (κ2) is 9.35. The molecule has 3 aromatic rings. The smallest absolute Gasteiger partial charge is 0.260 e. The lowest BCUT2D eigenvalue weighted by Gasteiger charge is -2.27. The molecule has 6 nitrogen and oxygen atoms in total. The Morgan fingerprint density at radius 2 is 2.00 bits per heavy atom. The second-order valence-electron chi connectivity index (χ2n) is 7.37. The topological polar surface area (TPSA) is 69.5 Å². The number of carbonyl (C=O) groups is 1. The van der Waals surface area contributed by atoms with Gasteiger partial charge in [-0.05, 0) is 49.2 Å². The molecule has 1 aromatic heterocycles. The summed E-state index contributed by atoms with van der Waals surface area (Å²) in [7, 11) is 0. The number of hydrogen-bond donors (Lipinski definition) is 0. The highest BCUT2D eigenvalue weighted by molar-refractivity contribution is 7.22. The van der Waals surface area contributed by atoms with Crippen molar-refractivity contribution in [1.29, 1.82) is 5.26 Å². The Labute approximate surface area is 180 Å². The molecule has 1 aliphatic heterocycles. The van der Waals surface area contributed by atoms with Crippen LogP contribution in [-0.2, 0) is 4.74 Å². The van der Waals surface area contributed by atoms with Gasteiger partial charge in [0, 0.05) is 31.7 Å². The van der Waals surface area contributed by atoms with Crippen LogP contribution in [0.5, 0.6) is 0 Å². The van der Waals surface area contributed by atoms with Gasteiger partial charge in [0.15, 0.2) is 5.13 Å². The number of anilines is 1. The standard InChI is InChI=1S/C23H24N4O2S/c1-17-4-2-5-20-21(17)25-23(30-20)27(11-3-10-26-12-14-29-15-13-26)22(28)19-8-6-18(16-24)7-9-19/h2,4-9H,3,10-15H2,1H3. The highest BCUT2D eigenvalue weighted by atomic mass is 32.1. The van der Waals surface area contributed by atoms with Crippen molar-refractivity contribution in [2.75, 3.05) is 44.3 Å². The van der Waals surface area contributed by atoms with Gasteiger partial charge in [0.1, 0.15) is 0 Å². The van der Waals surface area contributed by atoms with Crippen molar-refractivity contribution < 1.29 is 9.53 Å². The fraction of sp³-hybridized carbons (Fsp3) is 0.348. The minimum absolute atomic E-state index is 0.0850. The van der Waals surface area contributed by atoms with Crippen molar-refractivity contribution in [2.24, 2.45) is 0 Å². The van der Waals surface area contributed by atoms with E-state index in [1.165, 1.54) is 0 Å². The summed E-state index contributed by atoms with van der Waals surface area (Å²) in [6.45, 7) is 6.96. The molecule has 1 saturated heterocycles. The Kier molecular flexibility index (Phi) is 6.38. The molecule has 154 valence electrons. The third-order valence-corrected chi connectivity index (χ3v) is 6.35. The van der Waals surface area contributed by atoms with E-state index >= 15 is 0 Å². The van der Waals surface area contributed by atoms with Gasteiger partial charge in [-0.1, -0.05) is 23.5 Å². The predicted octanol–water partition coefficient (Wildman–Crippen LogP) is 3.85. The number of aromatic nitrogens is 1. The number of benzene rings is 2. The van der Waals surface area contributed by atoms with Crippen molar-refractivity contribution in [1.82, 2.24) is 9.88 Å². The van der Waals surface area contributed by atoms with Gasteiger partial charge in [-0.25, -0.2) is 4.98 Å². The van der Waals surface area contributed by atoms with E-state index in [1.54, 1.807) is 40.5 Å². The van der Waals surface area contributed by atoms with E-state index in [2.05, 4.69) is 11.0 Å². The third-order valence-electron chi connectivity index (χ3n) is 5.31. The molecule has 0 atom stereocenters. The van der Waals surface area contributed by atoms with Gasteiger partial charge in [-0.2, -0.15) is 5.26 Å². The molecule has 0 aliphatic carbocycles. The lowest BCUT2D eigenvalue weighted by molar-refractivity contribution is 0.0376. The third kappa shape index (κ3) is 4.51. The van der Waals surface area contributed by atoms with Gasteiger partial charge in [-0.15, -0.1) is 0 Å². The van der Waals surface area contributed by atoms with Crippen molar-refractivity contribution in [2.45, 2.75) is 13.3 Å². The lowest BCUT2D eigenvalue weighted by Crippen LogP contribution is -2.39. The zero-order chi connectivity index (χ0) is 20.9. The molecule has 2 aromatic carbocycles. The van der Waals surface area contributed by atoms with Crippen LogP contribution in [0.15, 0.2) is 42.5 Å². The van der Waals surface area contributed by atoms with E-state index in [4.69, 9.17) is 15.0 Å². The van der Waals surface area contributed by atoms with Crippen LogP contribution < -0.4 is 4.90 Å². The van der Waals surface area contributed by atoms with Crippen LogP contribution in [0.1, 0.15) is 27.9 Å². The maximum absolute atomic E-state index is 13.4. The van der Waals surface area contributed by atoms with E-state index in [1.807, 2.05) is 25.1 Å². The van der Waals surface area contributed by atoms with Crippen LogP contribution in [0.2, 0.25) is 0 Å². The molecular weight excluding hydrogens is 396 g/mol. The van der Waals surface area contributed by atoms with Crippen molar-refractivity contribution in [3.05, 3.63) is 59.2 Å². The van der Waals surface area contributed by atoms with E-state index in [-0.39, 0.29) is 5.91 Å². The number of amides is 1. The number of rotatable bonds is 6. The van der Waals surface area contributed by atoms with Crippen LogP contribution in [0.3, 0.4) is 0 Å². The minimum atomic E-state index is -0.0850. The van der Waals surface area contributed by atoms with E-state index in [0.29, 0.717) is 17.7 Å². The first-order chi connectivity index (χ1) is 14.7. The summed E-state index contributed by atoms with van der Waals surface area (Å²) in [5.74, 6) is -0.0850. The summed E-state index contributed by atoms with van der Waals surface area (Å²) in [6, 6.07) is 15.0. The van der Waals surface area contributed by atoms with Crippen LogP contribution >= 0.6 is 11.3 Å². The van der Waals surface area contributed by atoms with Crippen LogP contribution in [0.25, 0.3) is 10.2 Å². The fourth-order valence-electron chi connectivity index (χ4n) is 3.59. The monoisotopic (exact) mass is 420 g/mol. The average molecular weight is 421 g/mol. The molecule has 0 radical (unpaired) electrons. The van der Waals surface area contributed by atoms with Crippen molar-refractivity contribution >= 4 is 32.6 Å². The molecule has 2 heterocycles. The molecule has 0 spiro atoms. The van der Waals surface area contributed by atoms with Crippen LogP contribution in [0.4, 0.5) is 5.13 Å². The molecule has 1 aliphatic rings. The molecule has 0 bridgehead atoms. The Balaban J connectivity index is 1.58. The molecule has 0 saturated carbocycles. The average Bonchev–Trinajstić information content (AvgIpc) is 3.22. The van der Waals surface area contributed by atoms with Crippen LogP contribution in [0, 0.1) is 18.3 Å². The van der Waals surface area contributed by atoms with Gasteiger partial charge in [0.25, 0.3) is 5.91 Å². The summed E-state index contributed by atoms with van der Waals surface area (Å²) in [4.78, 5) is 22.3. The molecule has 1 fully saturated rings. The van der Waals surface area contributed by atoms with Gasteiger partial charge in [0.05, 0.1) is 35.1 Å². The van der Waals surface area contributed by atoms with Crippen molar-refractivity contribution in [3.63, 3.8) is 0 Å². The summed E-state index contributed by atoms with van der Waals surface area (Å²) in [5.41, 5.74) is 3.16. The number of morpholine rings is 1. The SMILES string of the molecule is Cc1cccc2sc(N(CCCN3CCOCC3)C(=O)c3ccc(C#N)cc3)nc12. The molecule has 0 unspecified atom stereocenters.